The van der Waals surface area contributed by atoms with Gasteiger partial charge in [-0.25, -0.2) is 19.6 Å². The minimum atomic E-state index is -0.573. The van der Waals surface area contributed by atoms with Crippen LogP contribution in [0.3, 0.4) is 0 Å². The molecule has 0 aliphatic heterocycles. The number of nitrogens with zero attached hydrogens (tertiary/aromatic N) is 6. The fraction of sp³-hybridized carbons (Fsp3) is 0.333. The van der Waals surface area contributed by atoms with Gasteiger partial charge in [0.2, 0.25) is 5.71 Å². The number of aromatic nitrogens is 6. The molecule has 13 heteroatoms. The SMILES string of the molecule is CCOC(=O)c1c(C)oc2nc(Cn3c(Br)nc4c(=O)n(C)c(=O)n(C)c43)nc(N)c12. The Morgan fingerprint density at radius 1 is 1.19 bits per heavy atom. The number of fused-ring (bicyclic) bond motifs is 2. The first kappa shape index (κ1) is 20.8. The maximum Gasteiger partial charge on any atom is 0.342 e. The van der Waals surface area contributed by atoms with Crippen LogP contribution in [0, 0.1) is 6.92 Å². The predicted molar refractivity (Wildman–Crippen MR) is 114 cm³/mol. The van der Waals surface area contributed by atoms with E-state index in [4.69, 9.17) is 14.9 Å². The van der Waals surface area contributed by atoms with Gasteiger partial charge in [-0.05, 0) is 29.8 Å². The number of anilines is 1. The molecule has 4 aromatic heterocycles. The summed E-state index contributed by atoms with van der Waals surface area (Å²) in [6.45, 7) is 3.54. The number of furan rings is 1. The molecule has 12 nitrogen and oxygen atoms in total. The lowest BCUT2D eigenvalue weighted by atomic mass is 10.2. The highest BCUT2D eigenvalue weighted by Gasteiger charge is 2.25. The Hall–Kier alpha value is -3.48. The molecule has 4 aromatic rings. The van der Waals surface area contributed by atoms with Gasteiger partial charge >= 0.3 is 11.7 Å². The van der Waals surface area contributed by atoms with Gasteiger partial charge in [-0.15, -0.1) is 0 Å². The summed E-state index contributed by atoms with van der Waals surface area (Å²) in [4.78, 5) is 50.0. The molecule has 0 saturated carbocycles. The average Bonchev–Trinajstić information content (AvgIpc) is 3.22. The number of nitrogen functional groups attached to an aromatic ring is 1. The van der Waals surface area contributed by atoms with Crippen molar-refractivity contribution in [3.05, 3.63) is 42.7 Å². The summed E-state index contributed by atoms with van der Waals surface area (Å²) in [6, 6.07) is 0. The number of carbonyl (C=O) groups is 1. The zero-order valence-corrected chi connectivity index (χ0v) is 18.7. The highest BCUT2D eigenvalue weighted by Crippen LogP contribution is 2.29. The van der Waals surface area contributed by atoms with Crippen molar-refractivity contribution < 1.29 is 13.9 Å². The largest absolute Gasteiger partial charge is 0.462 e. The van der Waals surface area contributed by atoms with Crippen LogP contribution in [0.15, 0.2) is 18.7 Å². The Labute approximate surface area is 182 Å². The molecular weight excluding hydrogens is 474 g/mol. The van der Waals surface area contributed by atoms with Gasteiger partial charge in [0.25, 0.3) is 5.56 Å². The molecule has 0 radical (unpaired) electrons. The number of hydrogen-bond donors (Lipinski definition) is 1. The zero-order valence-electron chi connectivity index (χ0n) is 17.1. The minimum Gasteiger partial charge on any atom is -0.462 e. The third-order valence-corrected chi connectivity index (χ3v) is 5.48. The maximum atomic E-state index is 12.4. The molecule has 0 bridgehead atoms. The van der Waals surface area contributed by atoms with E-state index in [0.29, 0.717) is 16.1 Å². The number of ether oxygens (including phenoxy) is 1. The summed E-state index contributed by atoms with van der Waals surface area (Å²) < 4.78 is 14.9. The maximum absolute atomic E-state index is 12.4. The van der Waals surface area contributed by atoms with Gasteiger partial charge in [0.15, 0.2) is 21.7 Å². The number of esters is 1. The van der Waals surface area contributed by atoms with Crippen molar-refractivity contribution >= 4 is 50.0 Å². The fourth-order valence-electron chi connectivity index (χ4n) is 3.45. The predicted octanol–water partition coefficient (Wildman–Crippen LogP) is 0.848. The smallest absolute Gasteiger partial charge is 0.342 e. The molecule has 4 heterocycles. The summed E-state index contributed by atoms with van der Waals surface area (Å²) >= 11 is 3.32. The van der Waals surface area contributed by atoms with Gasteiger partial charge < -0.3 is 14.9 Å². The Balaban J connectivity index is 1.88. The van der Waals surface area contributed by atoms with Crippen LogP contribution in [-0.4, -0.2) is 41.2 Å². The van der Waals surface area contributed by atoms with Crippen LogP contribution in [0.2, 0.25) is 0 Å². The van der Waals surface area contributed by atoms with Crippen LogP contribution in [-0.2, 0) is 25.4 Å². The van der Waals surface area contributed by atoms with E-state index in [1.54, 1.807) is 18.4 Å². The van der Waals surface area contributed by atoms with E-state index in [9.17, 15) is 14.4 Å². The third kappa shape index (κ3) is 3.12. The van der Waals surface area contributed by atoms with Gasteiger partial charge in [0.1, 0.15) is 17.1 Å². The van der Waals surface area contributed by atoms with Crippen molar-refractivity contribution in [2.75, 3.05) is 12.3 Å². The number of imidazole rings is 1. The van der Waals surface area contributed by atoms with E-state index in [2.05, 4.69) is 30.9 Å². The monoisotopic (exact) mass is 491 g/mol. The number of rotatable bonds is 4. The Kier molecular flexibility index (Phi) is 4.92. The third-order valence-electron chi connectivity index (χ3n) is 4.87. The number of hydrogen-bond acceptors (Lipinski definition) is 9. The molecule has 0 fully saturated rings. The second-order valence-corrected chi connectivity index (χ2v) is 7.51. The molecule has 0 aromatic carbocycles. The molecule has 0 saturated heterocycles. The average molecular weight is 492 g/mol. The van der Waals surface area contributed by atoms with E-state index in [1.165, 1.54) is 18.7 Å². The second-order valence-electron chi connectivity index (χ2n) is 6.80. The van der Waals surface area contributed by atoms with Crippen LogP contribution in [0.5, 0.6) is 0 Å². The number of aryl methyl sites for hydroxylation is 2. The highest BCUT2D eigenvalue weighted by molar-refractivity contribution is 9.10. The lowest BCUT2D eigenvalue weighted by molar-refractivity contribution is 0.0526. The topological polar surface area (TPSA) is 153 Å². The standard InChI is InChI=1S/C18H18BrN7O5/c1-5-30-16(28)9-7(2)31-13-10(9)12(20)21-8(22-13)6-26-14-11(23-17(26)19)15(27)25(4)18(29)24(14)3/h5-6H2,1-4H3,(H2,20,21,22). The first-order valence-corrected chi connectivity index (χ1v) is 9.99. The normalized spacial score (nSPS) is 11.5. The van der Waals surface area contributed by atoms with E-state index < -0.39 is 17.2 Å². The summed E-state index contributed by atoms with van der Waals surface area (Å²) in [5, 5.41) is 0.274. The molecule has 31 heavy (non-hydrogen) atoms. The van der Waals surface area contributed by atoms with Crippen LogP contribution in [0.4, 0.5) is 5.82 Å². The summed E-state index contributed by atoms with van der Waals surface area (Å²) in [6.07, 6.45) is 0. The first-order valence-electron chi connectivity index (χ1n) is 9.20. The number of nitrogens with two attached hydrogens (primary N) is 1. The van der Waals surface area contributed by atoms with Gasteiger partial charge in [-0.3, -0.25) is 18.5 Å². The van der Waals surface area contributed by atoms with Crippen molar-refractivity contribution in [2.45, 2.75) is 20.4 Å². The lowest BCUT2D eigenvalue weighted by Crippen LogP contribution is -2.37. The van der Waals surface area contributed by atoms with Gasteiger partial charge in [0.05, 0.1) is 18.5 Å². The lowest BCUT2D eigenvalue weighted by Gasteiger charge is -2.09. The van der Waals surface area contributed by atoms with E-state index in [-0.39, 0.29) is 47.0 Å². The molecule has 0 unspecified atom stereocenters. The first-order chi connectivity index (χ1) is 14.6. The van der Waals surface area contributed by atoms with Gasteiger partial charge in [-0.2, -0.15) is 4.98 Å². The van der Waals surface area contributed by atoms with Crippen molar-refractivity contribution in [1.29, 1.82) is 0 Å². The summed E-state index contributed by atoms with van der Waals surface area (Å²) in [7, 11) is 2.92. The molecule has 0 spiro atoms. The molecule has 0 aliphatic carbocycles. The van der Waals surface area contributed by atoms with E-state index in [0.717, 1.165) is 4.57 Å². The van der Waals surface area contributed by atoms with Crippen LogP contribution >= 0.6 is 15.9 Å². The van der Waals surface area contributed by atoms with Crippen LogP contribution in [0.25, 0.3) is 22.3 Å². The number of halogens is 1. The van der Waals surface area contributed by atoms with Gasteiger partial charge in [-0.1, -0.05) is 0 Å². The number of carbonyl (C=O) groups excluding carboxylic acids is 1. The molecule has 162 valence electrons. The molecule has 0 amide bonds. The van der Waals surface area contributed by atoms with Crippen LogP contribution in [0.1, 0.15) is 28.9 Å². The van der Waals surface area contributed by atoms with E-state index >= 15 is 0 Å². The highest BCUT2D eigenvalue weighted by atomic mass is 79.9. The quantitative estimate of drug-likeness (QED) is 0.323. The summed E-state index contributed by atoms with van der Waals surface area (Å²) in [5.41, 5.74) is 5.83. The van der Waals surface area contributed by atoms with Crippen molar-refractivity contribution in [2.24, 2.45) is 14.1 Å². The molecule has 2 N–H and O–H groups in total. The Morgan fingerprint density at radius 2 is 1.90 bits per heavy atom. The summed E-state index contributed by atoms with van der Waals surface area (Å²) in [5.74, 6) is 0.0234. The Bertz CT molecular complexity index is 1490. The molecule has 0 aliphatic rings. The minimum absolute atomic E-state index is 0.0339. The second kappa shape index (κ2) is 7.34. The van der Waals surface area contributed by atoms with Crippen molar-refractivity contribution in [3.8, 4) is 0 Å². The zero-order chi connectivity index (χ0) is 22.6. The van der Waals surface area contributed by atoms with E-state index in [1.807, 2.05) is 0 Å². The van der Waals surface area contributed by atoms with Crippen molar-refractivity contribution in [1.82, 2.24) is 28.7 Å². The van der Waals surface area contributed by atoms with Crippen LogP contribution < -0.4 is 17.0 Å². The Morgan fingerprint density at radius 3 is 2.58 bits per heavy atom. The fourth-order valence-corrected chi connectivity index (χ4v) is 3.92. The molecular formula is C18H18BrN7O5. The van der Waals surface area contributed by atoms with Gasteiger partial charge in [0, 0.05) is 14.1 Å². The molecule has 4 rings (SSSR count). The van der Waals surface area contributed by atoms with Crippen molar-refractivity contribution in [3.63, 3.8) is 0 Å². The molecule has 0 atom stereocenters.